The van der Waals surface area contributed by atoms with E-state index >= 15 is 0 Å². The molecule has 8 bridgehead atoms. The monoisotopic (exact) mass is 1300 g/mol. The van der Waals surface area contributed by atoms with E-state index < -0.39 is 137 Å². The minimum atomic E-state index is -5.29. The van der Waals surface area contributed by atoms with E-state index in [4.69, 9.17) is 62.7 Å². The number of hydrogen-bond acceptors (Lipinski definition) is 17. The molecule has 0 saturated carbocycles. The Morgan fingerprint density at radius 1 is 0.843 bits per heavy atom. The first-order valence-electron chi connectivity index (χ1n) is 29.8. The van der Waals surface area contributed by atoms with Crippen LogP contribution in [0, 0.1) is 66.6 Å². The zero-order valence-electron chi connectivity index (χ0n) is 53.3. The van der Waals surface area contributed by atoms with Crippen LogP contribution in [0.3, 0.4) is 0 Å². The molecule has 89 heavy (non-hydrogen) atoms. The number of fused-ring (bicyclic) bond motifs is 7. The standard InChI is InChI=1S/C61H89N12O13P.CH3.Co/c1-29-21-39-40(22-30(29)2)73(28-68-39)56-51(81)52(41(27-74)84-56)86-87(82,83)85-31(3)26-67-48(80)18-19-58(9)37(23-46(65)78)55-61(12)60(11,20-17-45(64)77)34(6)49(72-61)32(4)54-59(10,25-47(66)79)35(13-15-43(62)75)38(69-54)24-42-57(7,8)36(14-16-44(63)76)50(70-42)33(5)53(58)71-55;;/h21-22,24,28,31,34-37,41,51-52,55-56,74,81H,13-20,23,25-27H2,1-12H3,(H13,62,63,64,65,66,67,69,70,71,72,75,76,77,78,79,80,82,83);1H3;/q;-1;+2/p-2. The molecule has 1 aromatic carbocycles. The van der Waals surface area contributed by atoms with Crippen molar-refractivity contribution in [1.29, 1.82) is 0 Å². The summed E-state index contributed by atoms with van der Waals surface area (Å²) in [5, 5.41) is 30.2. The van der Waals surface area contributed by atoms with Crippen LogP contribution in [0.5, 0.6) is 0 Å². The van der Waals surface area contributed by atoms with E-state index in [-0.39, 0.29) is 95.0 Å². The second-order valence-electron chi connectivity index (χ2n) is 26.5. The SMILES string of the molecule is C/C1=C2N=C(/C=C3N=C(/C(C)=C4\[N-]C(C)(C5N=C1C(C)(CCC(=O)NCC(C)OP(=O)([O-])OC1C(CO)OC(n6cnc7cc(C)c(C)cc76)C1O)C5CC(N)=O)C(C)(CCC(N)=O)C4C)C(C)(CC(N)=O)C\3CCC(N)=O)C(C)(C)C/2CCC(N)=O.[CH3-].[Co+2]. The Hall–Kier alpha value is -5.96. The molecule has 6 aliphatic rings. The quantitative estimate of drug-likeness (QED) is 0.0512. The van der Waals surface area contributed by atoms with Crippen molar-refractivity contribution in [2.24, 2.45) is 89.0 Å². The smallest absolute Gasteiger partial charge is 0.756 e. The van der Waals surface area contributed by atoms with Crippen molar-refractivity contribution in [2.45, 2.75) is 190 Å². The van der Waals surface area contributed by atoms with Gasteiger partial charge in [-0.25, -0.2) is 4.98 Å². The van der Waals surface area contributed by atoms with Crippen LogP contribution < -0.4 is 38.9 Å². The zero-order valence-corrected chi connectivity index (χ0v) is 55.2. The number of phosphoric acid groups is 1. The maximum Gasteiger partial charge on any atom is 2.00 e. The number of aliphatic imine (C=N–C) groups is 3. The second-order valence-corrected chi connectivity index (χ2v) is 27.8. The minimum absolute atomic E-state index is 0. The molecule has 1 aromatic heterocycles. The Bertz CT molecular complexity index is 3410. The number of primary amides is 5. The van der Waals surface area contributed by atoms with Crippen LogP contribution in [0.4, 0.5) is 0 Å². The molecule has 7 heterocycles. The minimum Gasteiger partial charge on any atom is -0.756 e. The van der Waals surface area contributed by atoms with E-state index in [0.29, 0.717) is 56.4 Å². The first-order valence-corrected chi connectivity index (χ1v) is 31.3. The van der Waals surface area contributed by atoms with Gasteiger partial charge in [-0.05, 0) is 118 Å². The van der Waals surface area contributed by atoms with Gasteiger partial charge in [0.25, 0.3) is 7.82 Å². The summed E-state index contributed by atoms with van der Waals surface area (Å²) < 4.78 is 31.9. The maximum absolute atomic E-state index is 14.3. The van der Waals surface area contributed by atoms with E-state index in [1.807, 2.05) is 94.4 Å². The van der Waals surface area contributed by atoms with Crippen molar-refractivity contribution < 1.29 is 79.0 Å². The van der Waals surface area contributed by atoms with Gasteiger partial charge in [0.2, 0.25) is 35.4 Å². The Balaban J connectivity index is 0.00000631. The average molecular weight is 1300 g/mol. The topological polar surface area (TPSA) is 422 Å². The van der Waals surface area contributed by atoms with Gasteiger partial charge in [0.05, 0.1) is 30.1 Å². The van der Waals surface area contributed by atoms with E-state index in [1.165, 1.54) is 13.3 Å². The van der Waals surface area contributed by atoms with Gasteiger partial charge in [0.1, 0.15) is 18.3 Å². The number of aliphatic hydroxyl groups excluding tert-OH is 2. The van der Waals surface area contributed by atoms with Crippen molar-refractivity contribution >= 4 is 71.4 Å². The number of imidazole rings is 1. The number of nitrogens with zero attached hydrogens (tertiary/aromatic N) is 6. The number of nitrogens with one attached hydrogen (secondary N) is 1. The van der Waals surface area contributed by atoms with Crippen molar-refractivity contribution in [3.63, 3.8) is 0 Å². The average Bonchev–Trinajstić information content (AvgIpc) is 1.55. The molecule has 15 atom stereocenters. The number of aromatic nitrogens is 2. The summed E-state index contributed by atoms with van der Waals surface area (Å²) in [5.74, 6) is -5.69. The van der Waals surface area contributed by atoms with Gasteiger partial charge in [0, 0.05) is 108 Å². The molecule has 2 aromatic rings. The Labute approximate surface area is 531 Å². The van der Waals surface area contributed by atoms with E-state index in [1.54, 1.807) is 4.57 Å². The predicted octanol–water partition coefficient (Wildman–Crippen LogP) is 4.91. The van der Waals surface area contributed by atoms with Gasteiger partial charge >= 0.3 is 16.8 Å². The number of benzene rings is 1. The van der Waals surface area contributed by atoms with Gasteiger partial charge < -0.3 is 80.2 Å². The first-order chi connectivity index (χ1) is 40.4. The number of aliphatic hydroxyl groups is 2. The fourth-order valence-electron chi connectivity index (χ4n) is 14.9. The summed E-state index contributed by atoms with van der Waals surface area (Å²) in [6.07, 6.45) is -3.44. The molecule has 13 N–H and O–H groups in total. The Morgan fingerprint density at radius 3 is 2.06 bits per heavy atom. The third-order valence-electron chi connectivity index (χ3n) is 20.4. The zero-order chi connectivity index (χ0) is 64.4. The summed E-state index contributed by atoms with van der Waals surface area (Å²) in [6.45, 7) is 21.7. The number of carbonyl (C=O) groups excluding carboxylic acids is 6. The molecule has 15 unspecified atom stereocenters. The molecule has 2 saturated heterocycles. The number of nitrogens with two attached hydrogens (primary N) is 5. The summed E-state index contributed by atoms with van der Waals surface area (Å²) in [6, 6.07) is 2.86. The summed E-state index contributed by atoms with van der Waals surface area (Å²) >= 11 is 0. The van der Waals surface area contributed by atoms with Gasteiger partial charge in [-0.2, -0.15) is 5.70 Å². The number of phosphoric ester groups is 1. The van der Waals surface area contributed by atoms with Gasteiger partial charge in [0.15, 0.2) is 6.23 Å². The number of amides is 6. The molecule has 1 radical (unpaired) electrons. The van der Waals surface area contributed by atoms with Crippen LogP contribution in [0.15, 0.2) is 67.8 Å². The predicted molar refractivity (Wildman–Crippen MR) is 330 cm³/mol. The summed E-state index contributed by atoms with van der Waals surface area (Å²) in [5.41, 5.74) is 32.3. The number of ether oxygens (including phenoxy) is 1. The largest absolute Gasteiger partial charge is 2.00 e. The normalized spacial score (nSPS) is 34.3. The van der Waals surface area contributed by atoms with E-state index in [2.05, 4.69) is 10.3 Å². The molecule has 491 valence electrons. The van der Waals surface area contributed by atoms with E-state index in [9.17, 15) is 48.4 Å². The third-order valence-corrected chi connectivity index (χ3v) is 21.5. The molecule has 2 fully saturated rings. The molecule has 0 spiro atoms. The number of allylic oxidation sites excluding steroid dienone is 6. The van der Waals surface area contributed by atoms with Crippen LogP contribution in [0.2, 0.25) is 0 Å². The Morgan fingerprint density at radius 2 is 1.46 bits per heavy atom. The fraction of sp³-hybridized carbons (Fsp3) is 0.629. The van der Waals surface area contributed by atoms with Gasteiger partial charge in [-0.1, -0.05) is 54.0 Å². The molecule has 25 nitrogen and oxygen atoms in total. The number of rotatable bonds is 24. The molecule has 6 aliphatic heterocycles. The number of hydrogen-bond donors (Lipinski definition) is 8. The van der Waals surface area contributed by atoms with Crippen molar-refractivity contribution in [1.82, 2.24) is 14.9 Å². The van der Waals surface area contributed by atoms with Crippen LogP contribution in [-0.4, -0.2) is 121 Å². The van der Waals surface area contributed by atoms with Gasteiger partial charge in [-0.15, -0.1) is 0 Å². The van der Waals surface area contributed by atoms with Gasteiger partial charge in [-0.3, -0.25) is 48.3 Å². The van der Waals surface area contributed by atoms with Crippen LogP contribution in [-0.2, 0) is 63.9 Å². The third kappa shape index (κ3) is 13.5. The number of carbonyl (C=O) groups is 6. The molecule has 8 rings (SSSR count). The maximum atomic E-state index is 14.3. The Kier molecular flexibility index (Phi) is 21.6. The molecular weight excluding hydrogens is 1210 g/mol. The van der Waals surface area contributed by atoms with Crippen molar-refractivity contribution in [3.05, 3.63) is 76.6 Å². The summed E-state index contributed by atoms with van der Waals surface area (Å²) in [4.78, 5) is 114. The number of aryl methyl sites for hydroxylation is 2. The molecule has 27 heteroatoms. The molecule has 0 aliphatic carbocycles. The van der Waals surface area contributed by atoms with Crippen LogP contribution >= 0.6 is 7.82 Å². The second kappa shape index (κ2) is 26.7. The van der Waals surface area contributed by atoms with Crippen molar-refractivity contribution in [3.8, 4) is 0 Å². The first kappa shape index (κ1) is 72.1. The van der Waals surface area contributed by atoms with Crippen LogP contribution in [0.1, 0.15) is 151 Å². The van der Waals surface area contributed by atoms with E-state index in [0.717, 1.165) is 11.1 Å². The molecule has 6 amide bonds. The van der Waals surface area contributed by atoms with Crippen LogP contribution in [0.25, 0.3) is 16.4 Å². The molecular formula is C62H90CoN12O13P-. The summed E-state index contributed by atoms with van der Waals surface area (Å²) in [7, 11) is -5.29. The fourth-order valence-corrected chi connectivity index (χ4v) is 16.1. The van der Waals surface area contributed by atoms with Crippen molar-refractivity contribution in [2.75, 3.05) is 13.2 Å².